The number of ether oxygens (including phenoxy) is 1. The van der Waals surface area contributed by atoms with Crippen LogP contribution in [0.15, 0.2) is 12.1 Å². The molecular weight excluding hydrogens is 454 g/mol. The molecule has 0 radical (unpaired) electrons. The van der Waals surface area contributed by atoms with Gasteiger partial charge in [-0.2, -0.15) is 5.26 Å². The van der Waals surface area contributed by atoms with Crippen molar-refractivity contribution in [3.8, 4) is 6.07 Å². The maximum atomic E-state index is 13.1. The van der Waals surface area contributed by atoms with Gasteiger partial charge in [0.1, 0.15) is 11.7 Å². The second kappa shape index (κ2) is 9.85. The van der Waals surface area contributed by atoms with Crippen LogP contribution in [0.2, 0.25) is 23.2 Å². The van der Waals surface area contributed by atoms with Crippen molar-refractivity contribution in [1.29, 1.82) is 5.26 Å². The first-order valence-corrected chi connectivity index (χ1v) is 14.9. The molecule has 1 saturated heterocycles. The van der Waals surface area contributed by atoms with E-state index in [1.165, 1.54) is 0 Å². The van der Waals surface area contributed by atoms with Crippen LogP contribution >= 0.6 is 11.6 Å². The molecule has 0 spiro atoms. The smallest absolute Gasteiger partial charge is 0.410 e. The summed E-state index contributed by atoms with van der Waals surface area (Å²) >= 11 is 6.39. The Morgan fingerprint density at radius 1 is 1.27 bits per heavy atom. The van der Waals surface area contributed by atoms with E-state index in [4.69, 9.17) is 20.8 Å². The Balaban J connectivity index is 2.37. The molecule has 0 aromatic heterocycles. The molecule has 1 N–H and O–H groups in total. The summed E-state index contributed by atoms with van der Waals surface area (Å²) in [4.78, 5) is 14.9. The zero-order valence-corrected chi connectivity index (χ0v) is 23.6. The zero-order chi connectivity index (χ0) is 25.4. The van der Waals surface area contributed by atoms with E-state index >= 15 is 0 Å². The van der Waals surface area contributed by atoms with E-state index in [2.05, 4.69) is 52.2 Å². The first kappa shape index (κ1) is 27.5. The van der Waals surface area contributed by atoms with E-state index < -0.39 is 13.9 Å². The molecule has 8 heteroatoms. The number of benzene rings is 1. The molecular formula is C25H40ClN3O3Si. The SMILES string of the molecule is Cc1c(N[C@H](C)[C@@H]2[C@H](O[Si](C)(C)C(C)(C)C)CCN2C(=O)OC(C)(C)C)ccc(C#N)c1Cl. The molecule has 1 aliphatic heterocycles. The summed E-state index contributed by atoms with van der Waals surface area (Å²) in [5.41, 5.74) is 1.52. The molecule has 1 aromatic rings. The van der Waals surface area contributed by atoms with Gasteiger partial charge in [0.05, 0.1) is 22.7 Å². The number of hydrogen-bond donors (Lipinski definition) is 1. The standard InChI is InChI=1S/C25H40ClN3O3Si/c1-16-19(12-11-18(15-27)21(16)26)28-17(2)22-20(32-33(9,10)25(6,7)8)13-14-29(22)23(30)31-24(3,4)5/h11-12,17,20,22,28H,13-14H2,1-10H3/t17-,20-,22-/m1/s1. The van der Waals surface area contributed by atoms with Gasteiger partial charge in [0, 0.05) is 18.3 Å². The molecule has 184 valence electrons. The van der Waals surface area contributed by atoms with E-state index in [9.17, 15) is 10.1 Å². The van der Waals surface area contributed by atoms with Gasteiger partial charge >= 0.3 is 6.09 Å². The summed E-state index contributed by atoms with van der Waals surface area (Å²) in [5, 5.41) is 13.3. The number of nitrogens with one attached hydrogen (secondary N) is 1. The first-order valence-electron chi connectivity index (χ1n) is 11.6. The Kier molecular flexibility index (Phi) is 8.21. The van der Waals surface area contributed by atoms with Gasteiger partial charge in [-0.1, -0.05) is 32.4 Å². The van der Waals surface area contributed by atoms with Gasteiger partial charge < -0.3 is 19.4 Å². The van der Waals surface area contributed by atoms with Crippen LogP contribution in [0.4, 0.5) is 10.5 Å². The van der Waals surface area contributed by atoms with Crippen molar-refractivity contribution in [3.63, 3.8) is 0 Å². The number of rotatable bonds is 5. The van der Waals surface area contributed by atoms with Crippen LogP contribution in [0.3, 0.4) is 0 Å². The van der Waals surface area contributed by atoms with Crippen molar-refractivity contribution in [2.75, 3.05) is 11.9 Å². The quantitative estimate of drug-likeness (QED) is 0.460. The van der Waals surface area contributed by atoms with Gasteiger partial charge in [-0.25, -0.2) is 4.79 Å². The van der Waals surface area contributed by atoms with Crippen LogP contribution in [-0.4, -0.2) is 49.6 Å². The van der Waals surface area contributed by atoms with Gasteiger partial charge in [0.2, 0.25) is 0 Å². The first-order chi connectivity index (χ1) is 15.0. The summed E-state index contributed by atoms with van der Waals surface area (Å²) in [5.74, 6) is 0. The second-order valence-corrected chi connectivity index (χ2v) is 16.6. The van der Waals surface area contributed by atoms with Crippen LogP contribution in [-0.2, 0) is 9.16 Å². The third-order valence-electron chi connectivity index (χ3n) is 6.68. The monoisotopic (exact) mass is 493 g/mol. The lowest BCUT2D eigenvalue weighted by Gasteiger charge is -2.42. The maximum Gasteiger partial charge on any atom is 0.410 e. The van der Waals surface area contributed by atoms with Gasteiger partial charge in [-0.05, 0) is 76.9 Å². The third-order valence-corrected chi connectivity index (χ3v) is 11.7. The summed E-state index contributed by atoms with van der Waals surface area (Å²) in [6.45, 7) is 21.3. The summed E-state index contributed by atoms with van der Waals surface area (Å²) in [6.07, 6.45) is 0.336. The summed E-state index contributed by atoms with van der Waals surface area (Å²) in [7, 11) is -2.06. The fraction of sp³-hybridized carbons (Fsp3) is 0.680. The largest absolute Gasteiger partial charge is 0.444 e. The van der Waals surface area contributed by atoms with Crippen LogP contribution in [0.1, 0.15) is 66.0 Å². The number of anilines is 1. The van der Waals surface area contributed by atoms with Gasteiger partial charge in [0.25, 0.3) is 0 Å². The van der Waals surface area contributed by atoms with E-state index in [0.717, 1.165) is 17.7 Å². The Morgan fingerprint density at radius 3 is 2.39 bits per heavy atom. The molecule has 1 amide bonds. The Labute approximate surface area is 205 Å². The average Bonchev–Trinajstić information content (AvgIpc) is 3.06. The lowest BCUT2D eigenvalue weighted by atomic mass is 10.0. The lowest BCUT2D eigenvalue weighted by Crippen LogP contribution is -2.54. The van der Waals surface area contributed by atoms with E-state index in [1.807, 2.05) is 33.8 Å². The lowest BCUT2D eigenvalue weighted by molar-refractivity contribution is 0.0146. The zero-order valence-electron chi connectivity index (χ0n) is 21.8. The summed E-state index contributed by atoms with van der Waals surface area (Å²) in [6, 6.07) is 5.37. The van der Waals surface area contributed by atoms with Gasteiger partial charge in [-0.15, -0.1) is 0 Å². The van der Waals surface area contributed by atoms with Crippen LogP contribution in [0, 0.1) is 18.3 Å². The number of nitriles is 1. The van der Waals surface area contributed by atoms with Crippen molar-refractivity contribution in [2.45, 2.75) is 104 Å². The molecule has 6 nitrogen and oxygen atoms in total. The fourth-order valence-electron chi connectivity index (χ4n) is 3.85. The molecule has 1 fully saturated rings. The minimum Gasteiger partial charge on any atom is -0.444 e. The second-order valence-electron chi connectivity index (χ2n) is 11.5. The number of halogens is 1. The number of amides is 1. The molecule has 0 bridgehead atoms. The van der Waals surface area contributed by atoms with E-state index in [-0.39, 0.29) is 29.3 Å². The van der Waals surface area contributed by atoms with Crippen LogP contribution < -0.4 is 5.32 Å². The Morgan fingerprint density at radius 2 is 1.88 bits per heavy atom. The van der Waals surface area contributed by atoms with E-state index in [1.54, 1.807) is 11.0 Å². The van der Waals surface area contributed by atoms with Crippen LogP contribution in [0.5, 0.6) is 0 Å². The van der Waals surface area contributed by atoms with Crippen molar-refractivity contribution in [1.82, 2.24) is 4.90 Å². The highest BCUT2D eigenvalue weighted by Gasteiger charge is 2.47. The molecule has 1 aromatic carbocycles. The highest BCUT2D eigenvalue weighted by Crippen LogP contribution is 2.40. The number of hydrogen-bond acceptors (Lipinski definition) is 5. The predicted molar refractivity (Wildman–Crippen MR) is 137 cm³/mol. The van der Waals surface area contributed by atoms with Gasteiger partial charge in [0.15, 0.2) is 8.32 Å². The maximum absolute atomic E-state index is 13.1. The van der Waals surface area contributed by atoms with Crippen molar-refractivity contribution >= 4 is 31.7 Å². The molecule has 1 aliphatic rings. The number of nitrogens with zero attached hydrogens (tertiary/aromatic N) is 2. The average molecular weight is 494 g/mol. The minimum atomic E-state index is -2.06. The Hall–Kier alpha value is -1.75. The summed E-state index contributed by atoms with van der Waals surface area (Å²) < 4.78 is 12.5. The van der Waals surface area contributed by atoms with Crippen molar-refractivity contribution < 1.29 is 14.0 Å². The molecule has 1 heterocycles. The molecule has 2 rings (SSSR count). The predicted octanol–water partition coefficient (Wildman–Crippen LogP) is 6.72. The normalized spacial score (nSPS) is 20.4. The van der Waals surface area contributed by atoms with Crippen molar-refractivity contribution in [3.05, 3.63) is 28.3 Å². The number of carbonyl (C=O) groups excluding carboxylic acids is 1. The molecule has 0 aliphatic carbocycles. The van der Waals surface area contributed by atoms with Crippen LogP contribution in [0.25, 0.3) is 0 Å². The number of carbonyl (C=O) groups is 1. The number of likely N-dealkylation sites (tertiary alicyclic amines) is 1. The van der Waals surface area contributed by atoms with Gasteiger partial charge in [-0.3, -0.25) is 0 Å². The molecule has 33 heavy (non-hydrogen) atoms. The highest BCUT2D eigenvalue weighted by atomic mass is 35.5. The van der Waals surface area contributed by atoms with E-state index in [0.29, 0.717) is 17.1 Å². The highest BCUT2D eigenvalue weighted by molar-refractivity contribution is 6.74. The molecule has 0 unspecified atom stereocenters. The van der Waals surface area contributed by atoms with Crippen molar-refractivity contribution in [2.24, 2.45) is 0 Å². The Bertz CT molecular complexity index is 915. The molecule has 0 saturated carbocycles. The minimum absolute atomic E-state index is 0.0603. The topological polar surface area (TPSA) is 74.6 Å². The fourth-order valence-corrected chi connectivity index (χ4v) is 5.43. The third kappa shape index (κ3) is 6.43. The molecule has 3 atom stereocenters.